The third-order valence-corrected chi connectivity index (χ3v) is 2.06. The zero-order chi connectivity index (χ0) is 11.4. The van der Waals surface area contributed by atoms with Crippen molar-refractivity contribution in [3.8, 4) is 0 Å². The number of rotatable bonds is 3. The number of carbonyl (C=O) groups excluding carboxylic acids is 1. The van der Waals surface area contributed by atoms with Gasteiger partial charge < -0.3 is 0 Å². The highest BCUT2D eigenvalue weighted by atomic mass is 16.2. The van der Waals surface area contributed by atoms with Crippen molar-refractivity contribution in [2.24, 2.45) is 5.92 Å². The minimum Gasteiger partial charge on any atom is -0.272 e. The van der Waals surface area contributed by atoms with Crippen molar-refractivity contribution >= 4 is 5.91 Å². The third-order valence-electron chi connectivity index (χ3n) is 2.06. The van der Waals surface area contributed by atoms with Crippen molar-refractivity contribution in [1.29, 1.82) is 0 Å². The molecule has 0 amide bonds. The van der Waals surface area contributed by atoms with E-state index < -0.39 is 0 Å². The summed E-state index contributed by atoms with van der Waals surface area (Å²) in [4.78, 5) is 11.7. The summed E-state index contributed by atoms with van der Waals surface area (Å²) in [5, 5.41) is 4.14. The van der Waals surface area contributed by atoms with E-state index in [1.807, 2.05) is 32.1 Å². The Morgan fingerprint density at radius 3 is 2.67 bits per heavy atom. The number of aromatic nitrogens is 2. The van der Waals surface area contributed by atoms with Gasteiger partial charge in [0.1, 0.15) is 0 Å². The maximum Gasteiger partial charge on any atom is 0.250 e. The molecule has 0 aromatic carbocycles. The Balaban J connectivity index is 2.65. The minimum atomic E-state index is 0.0255. The van der Waals surface area contributed by atoms with Gasteiger partial charge in [0, 0.05) is 12.1 Å². The van der Waals surface area contributed by atoms with Crippen LogP contribution in [0.2, 0.25) is 0 Å². The maximum atomic E-state index is 11.7. The molecule has 0 bridgehead atoms. The van der Waals surface area contributed by atoms with Crippen LogP contribution >= 0.6 is 0 Å². The van der Waals surface area contributed by atoms with Gasteiger partial charge in [-0.1, -0.05) is 26.0 Å². The van der Waals surface area contributed by atoms with Gasteiger partial charge in [-0.2, -0.15) is 5.10 Å². The Morgan fingerprint density at radius 1 is 1.53 bits per heavy atom. The molecular weight excluding hydrogens is 188 g/mol. The third kappa shape index (κ3) is 3.35. The molecule has 0 N–H and O–H groups in total. The first-order valence-corrected chi connectivity index (χ1v) is 5.24. The summed E-state index contributed by atoms with van der Waals surface area (Å²) in [6, 6.07) is 1.91. The lowest BCUT2D eigenvalue weighted by Crippen LogP contribution is -2.12. The molecule has 0 saturated carbocycles. The highest BCUT2D eigenvalue weighted by Crippen LogP contribution is 2.04. The number of nitrogens with zero attached hydrogens (tertiary/aromatic N) is 2. The van der Waals surface area contributed by atoms with E-state index in [1.165, 1.54) is 4.68 Å². The van der Waals surface area contributed by atoms with Crippen LogP contribution < -0.4 is 0 Å². The van der Waals surface area contributed by atoms with Gasteiger partial charge in [0.25, 0.3) is 5.91 Å². The highest BCUT2D eigenvalue weighted by molar-refractivity contribution is 5.80. The number of allylic oxidation sites excluding steroid dienone is 2. The summed E-state index contributed by atoms with van der Waals surface area (Å²) in [6.45, 7) is 7.96. The van der Waals surface area contributed by atoms with Crippen LogP contribution in [-0.2, 0) is 0 Å². The zero-order valence-electron chi connectivity index (χ0n) is 9.82. The van der Waals surface area contributed by atoms with E-state index in [-0.39, 0.29) is 5.91 Å². The smallest absolute Gasteiger partial charge is 0.250 e. The van der Waals surface area contributed by atoms with Crippen molar-refractivity contribution in [1.82, 2.24) is 9.78 Å². The van der Waals surface area contributed by atoms with Crippen LogP contribution in [0.5, 0.6) is 0 Å². The first-order valence-electron chi connectivity index (χ1n) is 5.24. The second-order valence-corrected chi connectivity index (χ2v) is 4.11. The first-order chi connectivity index (χ1) is 7.00. The summed E-state index contributed by atoms with van der Waals surface area (Å²) in [5.74, 6) is 0.510. The van der Waals surface area contributed by atoms with Crippen molar-refractivity contribution in [3.63, 3.8) is 0 Å². The number of aryl methyl sites for hydroxylation is 2. The van der Waals surface area contributed by atoms with Gasteiger partial charge >= 0.3 is 0 Å². The molecule has 0 atom stereocenters. The summed E-state index contributed by atoms with van der Waals surface area (Å²) in [6.07, 6.45) is 4.35. The predicted molar refractivity (Wildman–Crippen MR) is 60.9 cm³/mol. The van der Waals surface area contributed by atoms with Crippen LogP contribution in [0.3, 0.4) is 0 Å². The van der Waals surface area contributed by atoms with Gasteiger partial charge in [0.15, 0.2) is 0 Å². The standard InChI is InChI=1S/C12H18N2O/c1-9(2)6-5-7-12(15)14-11(4)8-10(3)13-14/h5-6,8-9H,7H2,1-4H3/b6-5+. The maximum absolute atomic E-state index is 11.7. The normalized spacial score (nSPS) is 11.5. The van der Waals surface area contributed by atoms with E-state index >= 15 is 0 Å². The van der Waals surface area contributed by atoms with E-state index in [0.717, 1.165) is 11.4 Å². The molecule has 82 valence electrons. The lowest BCUT2D eigenvalue weighted by Gasteiger charge is -2.00. The molecule has 15 heavy (non-hydrogen) atoms. The topological polar surface area (TPSA) is 34.9 Å². The average Bonchev–Trinajstić information content (AvgIpc) is 2.44. The van der Waals surface area contributed by atoms with E-state index in [9.17, 15) is 4.79 Å². The fourth-order valence-electron chi connectivity index (χ4n) is 1.41. The molecule has 0 unspecified atom stereocenters. The SMILES string of the molecule is Cc1cc(C)n(C(=O)C/C=C/C(C)C)n1. The molecule has 3 nitrogen and oxygen atoms in total. The molecule has 0 fully saturated rings. The predicted octanol–water partition coefficient (Wildman–Crippen LogP) is 2.74. The van der Waals surface area contributed by atoms with Gasteiger partial charge in [-0.25, -0.2) is 4.68 Å². The van der Waals surface area contributed by atoms with E-state index in [2.05, 4.69) is 18.9 Å². The molecule has 0 aliphatic rings. The monoisotopic (exact) mass is 206 g/mol. The highest BCUT2D eigenvalue weighted by Gasteiger charge is 2.07. The molecular formula is C12H18N2O. The van der Waals surface area contributed by atoms with Crippen molar-refractivity contribution < 1.29 is 4.79 Å². The van der Waals surface area contributed by atoms with Gasteiger partial charge in [-0.05, 0) is 25.8 Å². The molecule has 3 heteroatoms. The van der Waals surface area contributed by atoms with Gasteiger partial charge in [0.05, 0.1) is 5.69 Å². The Kier molecular flexibility index (Phi) is 3.83. The summed E-state index contributed by atoms with van der Waals surface area (Å²) >= 11 is 0. The molecule has 0 aliphatic heterocycles. The Morgan fingerprint density at radius 2 is 2.20 bits per heavy atom. The van der Waals surface area contributed by atoms with Crippen LogP contribution in [-0.4, -0.2) is 15.7 Å². The van der Waals surface area contributed by atoms with Crippen molar-refractivity contribution in [2.75, 3.05) is 0 Å². The van der Waals surface area contributed by atoms with E-state index in [0.29, 0.717) is 12.3 Å². The van der Waals surface area contributed by atoms with Crippen LogP contribution in [0.25, 0.3) is 0 Å². The molecule has 0 saturated heterocycles. The second kappa shape index (κ2) is 4.91. The fraction of sp³-hybridized carbons (Fsp3) is 0.500. The summed E-state index contributed by atoms with van der Waals surface area (Å²) < 4.78 is 1.47. The number of hydrogen-bond donors (Lipinski definition) is 0. The average molecular weight is 206 g/mol. The van der Waals surface area contributed by atoms with Crippen LogP contribution in [0, 0.1) is 19.8 Å². The summed E-state index contributed by atoms with van der Waals surface area (Å²) in [7, 11) is 0. The first kappa shape index (κ1) is 11.7. The lowest BCUT2D eigenvalue weighted by atomic mass is 10.2. The quantitative estimate of drug-likeness (QED) is 0.713. The second-order valence-electron chi connectivity index (χ2n) is 4.11. The number of hydrogen-bond acceptors (Lipinski definition) is 2. The molecule has 0 spiro atoms. The van der Waals surface area contributed by atoms with Crippen LogP contribution in [0.1, 0.15) is 36.5 Å². The van der Waals surface area contributed by atoms with Gasteiger partial charge in [-0.15, -0.1) is 0 Å². The van der Waals surface area contributed by atoms with Crippen LogP contribution in [0.4, 0.5) is 0 Å². The summed E-state index contributed by atoms with van der Waals surface area (Å²) in [5.41, 5.74) is 1.78. The van der Waals surface area contributed by atoms with Crippen molar-refractivity contribution in [2.45, 2.75) is 34.1 Å². The molecule has 0 radical (unpaired) electrons. The largest absolute Gasteiger partial charge is 0.272 e. The zero-order valence-corrected chi connectivity index (χ0v) is 9.82. The van der Waals surface area contributed by atoms with Gasteiger partial charge in [0.2, 0.25) is 0 Å². The molecule has 1 rings (SSSR count). The van der Waals surface area contributed by atoms with E-state index in [1.54, 1.807) is 0 Å². The Bertz CT molecular complexity index is 375. The molecule has 1 heterocycles. The molecule has 0 aliphatic carbocycles. The lowest BCUT2D eigenvalue weighted by molar-refractivity contribution is 0.0898. The Labute approximate surface area is 90.8 Å². The molecule has 1 aromatic heterocycles. The number of carbonyl (C=O) groups is 1. The minimum absolute atomic E-state index is 0.0255. The fourth-order valence-corrected chi connectivity index (χ4v) is 1.41. The van der Waals surface area contributed by atoms with Gasteiger partial charge in [-0.3, -0.25) is 4.79 Å². The van der Waals surface area contributed by atoms with Crippen molar-refractivity contribution in [3.05, 3.63) is 29.6 Å². The Hall–Kier alpha value is -1.38. The molecule has 1 aromatic rings. The van der Waals surface area contributed by atoms with E-state index in [4.69, 9.17) is 0 Å². The van der Waals surface area contributed by atoms with Crippen LogP contribution in [0.15, 0.2) is 18.2 Å².